The van der Waals surface area contributed by atoms with Crippen molar-refractivity contribution in [2.45, 2.75) is 44.6 Å². The van der Waals surface area contributed by atoms with Gasteiger partial charge in [0, 0.05) is 13.0 Å². The first-order valence-electron chi connectivity index (χ1n) is 10.3. The standard InChI is InChI=1S/C24H28N2O2.ClH/c1-18-7-9-19(10-8-18)17-26-15-12-21(13-16-26)24(20-5-3-2-4-6-20)14-11-22(27)25-23(24)28;/h2-10,21H,11-17H2,1H3,(H,25,27,28);1H. The van der Waals surface area contributed by atoms with Gasteiger partial charge in [0.2, 0.25) is 11.8 Å². The highest BCUT2D eigenvalue weighted by Gasteiger charge is 2.50. The lowest BCUT2D eigenvalue weighted by atomic mass is 9.62. The van der Waals surface area contributed by atoms with Gasteiger partial charge in [0.05, 0.1) is 5.41 Å². The summed E-state index contributed by atoms with van der Waals surface area (Å²) in [6.45, 7) is 5.02. The third kappa shape index (κ3) is 4.39. The number of amides is 2. The van der Waals surface area contributed by atoms with Crippen LogP contribution in [-0.4, -0.2) is 29.8 Å². The van der Waals surface area contributed by atoms with Crippen LogP contribution in [0.25, 0.3) is 0 Å². The molecule has 2 fully saturated rings. The summed E-state index contributed by atoms with van der Waals surface area (Å²) in [6, 6.07) is 18.8. The van der Waals surface area contributed by atoms with Gasteiger partial charge in [-0.2, -0.15) is 0 Å². The molecule has 0 aromatic heterocycles. The number of likely N-dealkylation sites (tertiary alicyclic amines) is 1. The third-order valence-corrected chi connectivity index (χ3v) is 6.50. The number of halogens is 1. The van der Waals surface area contributed by atoms with Gasteiger partial charge in [-0.05, 0) is 56.3 Å². The van der Waals surface area contributed by atoms with Crippen LogP contribution in [0.3, 0.4) is 0 Å². The molecule has 2 aromatic rings. The van der Waals surface area contributed by atoms with E-state index in [2.05, 4.69) is 41.4 Å². The van der Waals surface area contributed by atoms with E-state index in [-0.39, 0.29) is 30.1 Å². The van der Waals surface area contributed by atoms with Crippen molar-refractivity contribution < 1.29 is 9.59 Å². The van der Waals surface area contributed by atoms with Crippen molar-refractivity contribution in [3.63, 3.8) is 0 Å². The molecule has 1 atom stereocenters. The highest BCUT2D eigenvalue weighted by molar-refractivity contribution is 6.03. The highest BCUT2D eigenvalue weighted by atomic mass is 35.5. The Morgan fingerprint density at radius 1 is 1.00 bits per heavy atom. The molecule has 154 valence electrons. The Morgan fingerprint density at radius 2 is 1.66 bits per heavy atom. The quantitative estimate of drug-likeness (QED) is 0.772. The zero-order valence-electron chi connectivity index (χ0n) is 16.9. The molecule has 0 bridgehead atoms. The van der Waals surface area contributed by atoms with Crippen molar-refractivity contribution in [1.29, 1.82) is 0 Å². The van der Waals surface area contributed by atoms with Gasteiger partial charge in [-0.25, -0.2) is 0 Å². The second-order valence-corrected chi connectivity index (χ2v) is 8.25. The summed E-state index contributed by atoms with van der Waals surface area (Å²) in [5, 5.41) is 2.63. The van der Waals surface area contributed by atoms with E-state index in [1.165, 1.54) is 11.1 Å². The molecular weight excluding hydrogens is 384 g/mol. The van der Waals surface area contributed by atoms with Gasteiger partial charge >= 0.3 is 0 Å². The van der Waals surface area contributed by atoms with E-state index >= 15 is 0 Å². The van der Waals surface area contributed by atoms with E-state index in [4.69, 9.17) is 0 Å². The van der Waals surface area contributed by atoms with E-state index < -0.39 is 5.41 Å². The summed E-state index contributed by atoms with van der Waals surface area (Å²) in [7, 11) is 0. The first kappa shape index (κ1) is 21.5. The molecule has 2 aromatic carbocycles. The molecule has 2 amide bonds. The molecule has 0 aliphatic carbocycles. The Kier molecular flexibility index (Phi) is 6.76. The number of carbonyl (C=O) groups is 2. The maximum Gasteiger partial charge on any atom is 0.237 e. The maximum absolute atomic E-state index is 13.1. The molecule has 2 saturated heterocycles. The zero-order valence-corrected chi connectivity index (χ0v) is 17.7. The van der Waals surface area contributed by atoms with Gasteiger partial charge in [0.15, 0.2) is 0 Å². The van der Waals surface area contributed by atoms with E-state index in [1.807, 2.05) is 30.3 Å². The second-order valence-electron chi connectivity index (χ2n) is 8.25. The molecule has 4 nitrogen and oxygen atoms in total. The predicted octanol–water partition coefficient (Wildman–Crippen LogP) is 4.00. The number of rotatable bonds is 4. The minimum absolute atomic E-state index is 0. The average molecular weight is 413 g/mol. The van der Waals surface area contributed by atoms with Gasteiger partial charge in [-0.15, -0.1) is 12.4 Å². The number of benzene rings is 2. The van der Waals surface area contributed by atoms with Gasteiger partial charge in [-0.1, -0.05) is 60.2 Å². The minimum Gasteiger partial charge on any atom is -0.299 e. The van der Waals surface area contributed by atoms with Crippen LogP contribution in [0, 0.1) is 12.8 Å². The van der Waals surface area contributed by atoms with Crippen molar-refractivity contribution in [3.05, 3.63) is 71.3 Å². The van der Waals surface area contributed by atoms with Gasteiger partial charge in [0.1, 0.15) is 0 Å². The Bertz CT molecular complexity index is 845. The Balaban J connectivity index is 0.00000240. The number of aryl methyl sites for hydroxylation is 1. The van der Waals surface area contributed by atoms with Gasteiger partial charge in [-0.3, -0.25) is 19.8 Å². The summed E-state index contributed by atoms with van der Waals surface area (Å²) in [5.74, 6) is 0.0116. The molecule has 0 spiro atoms. The van der Waals surface area contributed by atoms with E-state index in [0.29, 0.717) is 12.8 Å². The molecule has 2 aliphatic rings. The molecule has 29 heavy (non-hydrogen) atoms. The average Bonchev–Trinajstić information content (AvgIpc) is 2.72. The summed E-state index contributed by atoms with van der Waals surface area (Å²) < 4.78 is 0. The number of nitrogens with zero attached hydrogens (tertiary/aromatic N) is 1. The zero-order chi connectivity index (χ0) is 19.6. The van der Waals surface area contributed by atoms with Crippen molar-refractivity contribution in [2.75, 3.05) is 13.1 Å². The number of nitrogens with one attached hydrogen (secondary N) is 1. The molecule has 2 aliphatic heterocycles. The molecule has 4 rings (SSSR count). The number of hydrogen-bond acceptors (Lipinski definition) is 3. The fourth-order valence-electron chi connectivity index (χ4n) is 4.90. The summed E-state index contributed by atoms with van der Waals surface area (Å²) >= 11 is 0. The fourth-order valence-corrected chi connectivity index (χ4v) is 4.90. The monoisotopic (exact) mass is 412 g/mol. The third-order valence-electron chi connectivity index (χ3n) is 6.50. The number of piperidine rings is 2. The Morgan fingerprint density at radius 3 is 2.28 bits per heavy atom. The summed E-state index contributed by atoms with van der Waals surface area (Å²) in [5.41, 5.74) is 3.09. The smallest absolute Gasteiger partial charge is 0.237 e. The summed E-state index contributed by atoms with van der Waals surface area (Å²) in [6.07, 6.45) is 2.99. The van der Waals surface area contributed by atoms with Crippen LogP contribution in [0.15, 0.2) is 54.6 Å². The molecular formula is C24H29ClN2O2. The van der Waals surface area contributed by atoms with Crippen molar-refractivity contribution in [1.82, 2.24) is 10.2 Å². The highest BCUT2D eigenvalue weighted by Crippen LogP contribution is 2.44. The molecule has 0 saturated carbocycles. The van der Waals surface area contributed by atoms with Crippen LogP contribution in [0.2, 0.25) is 0 Å². The number of carbonyl (C=O) groups excluding carboxylic acids is 2. The normalized spacial score (nSPS) is 23.3. The lowest BCUT2D eigenvalue weighted by Crippen LogP contribution is -2.57. The molecule has 1 N–H and O–H groups in total. The van der Waals surface area contributed by atoms with Crippen LogP contribution in [0.1, 0.15) is 42.4 Å². The predicted molar refractivity (Wildman–Crippen MR) is 117 cm³/mol. The van der Waals surface area contributed by atoms with Gasteiger partial charge < -0.3 is 0 Å². The van der Waals surface area contributed by atoms with Crippen LogP contribution in [-0.2, 0) is 21.5 Å². The second kappa shape index (κ2) is 9.10. The lowest BCUT2D eigenvalue weighted by Gasteiger charge is -2.45. The molecule has 2 heterocycles. The maximum atomic E-state index is 13.1. The molecule has 5 heteroatoms. The van der Waals surface area contributed by atoms with Crippen LogP contribution < -0.4 is 5.32 Å². The van der Waals surface area contributed by atoms with Crippen LogP contribution in [0.5, 0.6) is 0 Å². The fraction of sp³-hybridized carbons (Fsp3) is 0.417. The Hall–Kier alpha value is -2.17. The van der Waals surface area contributed by atoms with Crippen LogP contribution in [0.4, 0.5) is 0 Å². The molecule has 1 unspecified atom stereocenters. The SMILES string of the molecule is Cc1ccc(CN2CCC(C3(c4ccccc4)CCC(=O)NC3=O)CC2)cc1.Cl. The minimum atomic E-state index is -0.578. The Labute approximate surface area is 179 Å². The number of imide groups is 1. The largest absolute Gasteiger partial charge is 0.299 e. The molecule has 0 radical (unpaired) electrons. The lowest BCUT2D eigenvalue weighted by molar-refractivity contribution is -0.140. The van der Waals surface area contributed by atoms with Crippen molar-refractivity contribution >= 4 is 24.2 Å². The van der Waals surface area contributed by atoms with E-state index in [1.54, 1.807) is 0 Å². The van der Waals surface area contributed by atoms with Gasteiger partial charge in [0.25, 0.3) is 0 Å². The summed E-state index contributed by atoms with van der Waals surface area (Å²) in [4.78, 5) is 27.4. The first-order valence-corrected chi connectivity index (χ1v) is 10.3. The van der Waals surface area contributed by atoms with Crippen LogP contribution >= 0.6 is 12.4 Å². The van der Waals surface area contributed by atoms with E-state index in [9.17, 15) is 9.59 Å². The number of hydrogen-bond donors (Lipinski definition) is 1. The van der Waals surface area contributed by atoms with Crippen molar-refractivity contribution in [3.8, 4) is 0 Å². The first-order chi connectivity index (χ1) is 13.6. The van der Waals surface area contributed by atoms with E-state index in [0.717, 1.165) is 38.0 Å². The topological polar surface area (TPSA) is 49.4 Å². The van der Waals surface area contributed by atoms with Crippen molar-refractivity contribution in [2.24, 2.45) is 5.92 Å².